The molecule has 0 bridgehead atoms. The van der Waals surface area contributed by atoms with Crippen molar-refractivity contribution in [3.8, 4) is 0 Å². The van der Waals surface area contributed by atoms with Gasteiger partial charge in [0.25, 0.3) is 0 Å². The molecule has 0 unspecified atom stereocenters. The summed E-state index contributed by atoms with van der Waals surface area (Å²) in [5, 5.41) is 15.8. The first-order valence-corrected chi connectivity index (χ1v) is 1.79. The second-order valence-electron chi connectivity index (χ2n) is 0.784. The molecule has 52 valence electrons. The van der Waals surface area contributed by atoms with Gasteiger partial charge in [-0.1, -0.05) is 0 Å². The molecule has 0 radical (unpaired) electrons. The van der Waals surface area contributed by atoms with Crippen LogP contribution in [0.3, 0.4) is 0 Å². The Morgan fingerprint density at radius 2 is 1.38 bits per heavy atom. The maximum Gasteiger partial charge on any atom is 0.152 e. The number of hydrogen-bond acceptors (Lipinski definition) is 4. The van der Waals surface area contributed by atoms with Crippen molar-refractivity contribution in [2.24, 2.45) is 0 Å². The molecular weight excluding hydrogens is 116 g/mol. The molecule has 0 aromatic rings. The SMILES string of the molecule is O.OCOCOCO. The van der Waals surface area contributed by atoms with E-state index in [1.165, 1.54) is 0 Å². The predicted octanol–water partition coefficient (Wildman–Crippen LogP) is -1.95. The average molecular weight is 126 g/mol. The smallest absolute Gasteiger partial charge is 0.152 e. The van der Waals surface area contributed by atoms with Crippen molar-refractivity contribution in [1.29, 1.82) is 0 Å². The minimum Gasteiger partial charge on any atom is -0.412 e. The molecule has 5 nitrogen and oxygen atoms in total. The van der Waals surface area contributed by atoms with Crippen LogP contribution in [0.4, 0.5) is 0 Å². The van der Waals surface area contributed by atoms with Crippen molar-refractivity contribution >= 4 is 0 Å². The Labute approximate surface area is 46.8 Å². The van der Waals surface area contributed by atoms with E-state index in [1.54, 1.807) is 0 Å². The molecule has 0 heterocycles. The van der Waals surface area contributed by atoms with E-state index >= 15 is 0 Å². The zero-order chi connectivity index (χ0) is 5.54. The maximum atomic E-state index is 7.91. The van der Waals surface area contributed by atoms with E-state index in [1.807, 2.05) is 0 Å². The molecule has 8 heavy (non-hydrogen) atoms. The van der Waals surface area contributed by atoms with Gasteiger partial charge in [0, 0.05) is 0 Å². The summed E-state index contributed by atoms with van der Waals surface area (Å²) < 4.78 is 8.49. The highest BCUT2D eigenvalue weighted by Crippen LogP contribution is 1.70. The molecule has 0 rings (SSSR count). The third kappa shape index (κ3) is 9.25. The van der Waals surface area contributed by atoms with Crippen LogP contribution in [-0.4, -0.2) is 36.1 Å². The number of ether oxygens (including phenoxy) is 2. The fraction of sp³-hybridized carbons (Fsp3) is 1.00. The van der Waals surface area contributed by atoms with Crippen LogP contribution in [0, 0.1) is 0 Å². The number of aliphatic hydroxyl groups excluding tert-OH is 2. The highest BCUT2D eigenvalue weighted by Gasteiger charge is 1.77. The Balaban J connectivity index is 0. The summed E-state index contributed by atoms with van der Waals surface area (Å²) in [6, 6.07) is 0. The van der Waals surface area contributed by atoms with Crippen molar-refractivity contribution in [3.05, 3.63) is 0 Å². The predicted molar refractivity (Wildman–Crippen MR) is 24.8 cm³/mol. The van der Waals surface area contributed by atoms with Crippen LogP contribution < -0.4 is 0 Å². The van der Waals surface area contributed by atoms with E-state index in [9.17, 15) is 0 Å². The van der Waals surface area contributed by atoms with Gasteiger partial charge in [0.15, 0.2) is 6.79 Å². The van der Waals surface area contributed by atoms with E-state index in [0.717, 1.165) is 0 Å². The van der Waals surface area contributed by atoms with Gasteiger partial charge in [-0.05, 0) is 0 Å². The van der Waals surface area contributed by atoms with Gasteiger partial charge in [-0.25, -0.2) is 0 Å². The quantitative estimate of drug-likeness (QED) is 0.338. The van der Waals surface area contributed by atoms with Crippen LogP contribution in [0.15, 0.2) is 0 Å². The van der Waals surface area contributed by atoms with Gasteiger partial charge in [0.1, 0.15) is 13.6 Å². The molecule has 0 saturated heterocycles. The highest BCUT2D eigenvalue weighted by atomic mass is 16.7. The maximum absolute atomic E-state index is 7.91. The standard InChI is InChI=1S/C3H8O4.H2O/c4-1-6-3-7-2-5;/h4-5H,1-3H2;1H2. The van der Waals surface area contributed by atoms with Crippen molar-refractivity contribution < 1.29 is 25.2 Å². The summed E-state index contributed by atoms with van der Waals surface area (Å²) in [7, 11) is 0. The van der Waals surface area contributed by atoms with Crippen LogP contribution in [0.25, 0.3) is 0 Å². The van der Waals surface area contributed by atoms with Gasteiger partial charge < -0.3 is 25.2 Å². The second-order valence-corrected chi connectivity index (χ2v) is 0.784. The van der Waals surface area contributed by atoms with Crippen molar-refractivity contribution in [1.82, 2.24) is 0 Å². The van der Waals surface area contributed by atoms with Gasteiger partial charge in [-0.15, -0.1) is 0 Å². The Hall–Kier alpha value is -0.200. The molecule has 0 amide bonds. The first-order valence-electron chi connectivity index (χ1n) is 1.79. The fourth-order valence-corrected chi connectivity index (χ4v) is 0.133. The first-order chi connectivity index (χ1) is 3.41. The minimum absolute atomic E-state index is 0. The average Bonchev–Trinajstić information content (AvgIpc) is 1.69. The third-order valence-electron chi connectivity index (χ3n) is 0.349. The van der Waals surface area contributed by atoms with Crippen molar-refractivity contribution in [2.45, 2.75) is 0 Å². The molecule has 0 aliphatic rings. The molecule has 4 N–H and O–H groups in total. The van der Waals surface area contributed by atoms with E-state index in [4.69, 9.17) is 10.2 Å². The monoisotopic (exact) mass is 126 g/mol. The summed E-state index contributed by atoms with van der Waals surface area (Å²) in [5.41, 5.74) is 0. The summed E-state index contributed by atoms with van der Waals surface area (Å²) in [5.74, 6) is 0. The van der Waals surface area contributed by atoms with Crippen molar-refractivity contribution in [2.75, 3.05) is 20.4 Å². The van der Waals surface area contributed by atoms with E-state index in [0.29, 0.717) is 0 Å². The van der Waals surface area contributed by atoms with Crippen LogP contribution in [0.2, 0.25) is 0 Å². The summed E-state index contributed by atoms with van der Waals surface area (Å²) >= 11 is 0. The lowest BCUT2D eigenvalue weighted by Crippen LogP contribution is -2.00. The lowest BCUT2D eigenvalue weighted by molar-refractivity contribution is -0.142. The second kappa shape index (κ2) is 9.93. The van der Waals surface area contributed by atoms with E-state index in [2.05, 4.69) is 9.47 Å². The molecule has 0 aromatic carbocycles. The number of aliphatic hydroxyl groups is 2. The molecule has 0 aromatic heterocycles. The molecular formula is C3H10O5. The Morgan fingerprint density at radius 1 is 1.00 bits per heavy atom. The molecule has 0 atom stereocenters. The Kier molecular flexibility index (Phi) is 13.3. The molecule has 0 aliphatic carbocycles. The lowest BCUT2D eigenvalue weighted by Gasteiger charge is -1.96. The summed E-state index contributed by atoms with van der Waals surface area (Å²) in [4.78, 5) is 0. The zero-order valence-electron chi connectivity index (χ0n) is 4.33. The summed E-state index contributed by atoms with van der Waals surface area (Å²) in [6.07, 6.45) is 0. The molecule has 0 spiro atoms. The Morgan fingerprint density at radius 3 is 1.62 bits per heavy atom. The summed E-state index contributed by atoms with van der Waals surface area (Å²) in [6.45, 7) is -0.812. The van der Waals surface area contributed by atoms with Crippen LogP contribution in [0.1, 0.15) is 0 Å². The Bertz CT molecular complexity index is 26.9. The first kappa shape index (κ1) is 10.7. The van der Waals surface area contributed by atoms with E-state index in [-0.39, 0.29) is 25.9 Å². The van der Waals surface area contributed by atoms with Gasteiger partial charge in [-0.2, -0.15) is 0 Å². The highest BCUT2D eigenvalue weighted by molar-refractivity contribution is 3.94. The minimum atomic E-state index is -0.375. The topological polar surface area (TPSA) is 90.4 Å². The van der Waals surface area contributed by atoms with Crippen LogP contribution in [0.5, 0.6) is 0 Å². The normalized spacial score (nSPS) is 8.25. The van der Waals surface area contributed by atoms with Gasteiger partial charge in [0.2, 0.25) is 0 Å². The van der Waals surface area contributed by atoms with Gasteiger partial charge in [-0.3, -0.25) is 0 Å². The van der Waals surface area contributed by atoms with Crippen LogP contribution >= 0.6 is 0 Å². The third-order valence-corrected chi connectivity index (χ3v) is 0.349. The molecule has 0 aliphatic heterocycles. The largest absolute Gasteiger partial charge is 0.412 e. The molecule has 0 saturated carbocycles. The molecule has 0 fully saturated rings. The molecule has 5 heteroatoms. The van der Waals surface area contributed by atoms with Gasteiger partial charge >= 0.3 is 0 Å². The number of rotatable bonds is 4. The lowest BCUT2D eigenvalue weighted by atomic mass is 11.3. The zero-order valence-corrected chi connectivity index (χ0v) is 4.33. The van der Waals surface area contributed by atoms with Gasteiger partial charge in [0.05, 0.1) is 0 Å². The van der Waals surface area contributed by atoms with E-state index < -0.39 is 0 Å². The van der Waals surface area contributed by atoms with Crippen molar-refractivity contribution in [3.63, 3.8) is 0 Å². The fourth-order valence-electron chi connectivity index (χ4n) is 0.133. The number of hydrogen-bond donors (Lipinski definition) is 2. The van der Waals surface area contributed by atoms with Crippen LogP contribution in [-0.2, 0) is 9.47 Å².